The van der Waals surface area contributed by atoms with Gasteiger partial charge in [-0.2, -0.15) is 0 Å². The molecule has 0 amide bonds. The van der Waals surface area contributed by atoms with E-state index >= 15 is 0 Å². The van der Waals surface area contributed by atoms with E-state index in [1.807, 2.05) is 0 Å². The van der Waals surface area contributed by atoms with Crippen LogP contribution in [0.4, 0.5) is 0 Å². The fourth-order valence-corrected chi connectivity index (χ4v) is 2.98. The van der Waals surface area contributed by atoms with Crippen LogP contribution in [0.2, 0.25) is 0 Å². The summed E-state index contributed by atoms with van der Waals surface area (Å²) in [5.41, 5.74) is 2.63. The average molecular weight is 261 g/mol. The molecule has 2 aliphatic rings. The van der Waals surface area contributed by atoms with Gasteiger partial charge < -0.3 is 15.2 Å². The Kier molecular flexibility index (Phi) is 3.42. The predicted octanol–water partition coefficient (Wildman–Crippen LogP) is 1.76. The second kappa shape index (κ2) is 5.21. The third kappa shape index (κ3) is 2.73. The maximum atomic E-state index is 10.9. The molecule has 4 heteroatoms. The van der Waals surface area contributed by atoms with Crippen LogP contribution in [0.25, 0.3) is 0 Å². The zero-order chi connectivity index (χ0) is 13.2. The monoisotopic (exact) mass is 261 g/mol. The molecule has 2 aliphatic heterocycles. The summed E-state index contributed by atoms with van der Waals surface area (Å²) < 4.78 is 5.49. The van der Waals surface area contributed by atoms with Gasteiger partial charge >= 0.3 is 5.97 Å². The summed E-state index contributed by atoms with van der Waals surface area (Å²) in [4.78, 5) is 10.9. The van der Waals surface area contributed by atoms with E-state index in [0.29, 0.717) is 6.04 Å². The fraction of sp³-hybridized carbons (Fsp3) is 0.533. The highest BCUT2D eigenvalue weighted by molar-refractivity contribution is 5.73. The van der Waals surface area contributed by atoms with Gasteiger partial charge in [-0.15, -0.1) is 0 Å². The Bertz CT molecular complexity index is 486. The van der Waals surface area contributed by atoms with E-state index in [2.05, 4.69) is 23.5 Å². The van der Waals surface area contributed by atoms with Crippen LogP contribution in [0.3, 0.4) is 0 Å². The van der Waals surface area contributed by atoms with Gasteiger partial charge in [0.2, 0.25) is 0 Å². The third-order valence-electron chi connectivity index (χ3n) is 4.07. The number of hydrogen-bond donors (Lipinski definition) is 2. The molecular weight excluding hydrogens is 242 g/mol. The fourth-order valence-electron chi connectivity index (χ4n) is 2.98. The van der Waals surface area contributed by atoms with Gasteiger partial charge in [-0.25, -0.2) is 0 Å². The van der Waals surface area contributed by atoms with Gasteiger partial charge in [0.25, 0.3) is 0 Å². The molecular formula is C15H19NO3. The van der Waals surface area contributed by atoms with Gasteiger partial charge in [-0.1, -0.05) is 12.1 Å². The second-order valence-corrected chi connectivity index (χ2v) is 5.41. The molecule has 4 nitrogen and oxygen atoms in total. The molecule has 2 unspecified atom stereocenters. The van der Waals surface area contributed by atoms with Crippen LogP contribution in [-0.2, 0) is 17.6 Å². The summed E-state index contributed by atoms with van der Waals surface area (Å²) in [5, 5.41) is 12.1. The molecule has 0 saturated carbocycles. The van der Waals surface area contributed by atoms with Crippen molar-refractivity contribution in [3.63, 3.8) is 0 Å². The third-order valence-corrected chi connectivity index (χ3v) is 4.07. The van der Waals surface area contributed by atoms with E-state index in [1.54, 1.807) is 0 Å². The average Bonchev–Trinajstić information content (AvgIpc) is 3.04. The van der Waals surface area contributed by atoms with Crippen LogP contribution < -0.4 is 10.1 Å². The summed E-state index contributed by atoms with van der Waals surface area (Å²) in [7, 11) is 0. The zero-order valence-corrected chi connectivity index (χ0v) is 10.9. The van der Waals surface area contributed by atoms with Gasteiger partial charge in [0.15, 0.2) is 0 Å². The smallest absolute Gasteiger partial charge is 0.320 e. The molecule has 102 valence electrons. The van der Waals surface area contributed by atoms with Gasteiger partial charge in [-0.3, -0.25) is 4.79 Å². The van der Waals surface area contributed by atoms with Gasteiger partial charge in [0, 0.05) is 12.5 Å². The topological polar surface area (TPSA) is 58.6 Å². The number of aliphatic carboxylic acids is 1. The number of nitrogens with one attached hydrogen (secondary N) is 1. The number of carbonyl (C=O) groups is 1. The van der Waals surface area contributed by atoms with Crippen molar-refractivity contribution in [2.45, 2.75) is 44.2 Å². The van der Waals surface area contributed by atoms with E-state index in [4.69, 9.17) is 9.84 Å². The van der Waals surface area contributed by atoms with Crippen LogP contribution in [-0.4, -0.2) is 29.8 Å². The van der Waals surface area contributed by atoms with Crippen molar-refractivity contribution >= 4 is 5.97 Å². The van der Waals surface area contributed by atoms with E-state index in [-0.39, 0.29) is 6.04 Å². The maximum absolute atomic E-state index is 10.9. The lowest BCUT2D eigenvalue weighted by Crippen LogP contribution is -2.35. The SMILES string of the molecule is O=C(O)C1CCC(CCc2ccc3c(c2)CCO3)N1. The van der Waals surface area contributed by atoms with E-state index in [0.717, 1.165) is 44.5 Å². The molecule has 0 aromatic heterocycles. The summed E-state index contributed by atoms with van der Waals surface area (Å²) in [5.74, 6) is 0.297. The number of rotatable bonds is 4. The van der Waals surface area contributed by atoms with E-state index in [9.17, 15) is 4.79 Å². The summed E-state index contributed by atoms with van der Waals surface area (Å²) >= 11 is 0. The highest BCUT2D eigenvalue weighted by Gasteiger charge is 2.28. The molecule has 1 fully saturated rings. The molecule has 3 rings (SSSR count). The van der Waals surface area contributed by atoms with E-state index < -0.39 is 5.97 Å². The van der Waals surface area contributed by atoms with Gasteiger partial charge in [0.1, 0.15) is 11.8 Å². The normalized spacial score (nSPS) is 25.1. The van der Waals surface area contributed by atoms with Crippen molar-refractivity contribution in [1.82, 2.24) is 5.32 Å². The largest absolute Gasteiger partial charge is 0.493 e. The number of carboxylic acid groups (broad SMARTS) is 1. The number of benzene rings is 1. The maximum Gasteiger partial charge on any atom is 0.320 e. The van der Waals surface area contributed by atoms with Crippen molar-refractivity contribution in [1.29, 1.82) is 0 Å². The second-order valence-electron chi connectivity index (χ2n) is 5.41. The molecule has 0 bridgehead atoms. The van der Waals surface area contributed by atoms with Gasteiger partial charge in [-0.05, 0) is 42.9 Å². The molecule has 1 aromatic rings. The Morgan fingerprint density at radius 2 is 2.32 bits per heavy atom. The van der Waals surface area contributed by atoms with E-state index in [1.165, 1.54) is 11.1 Å². The minimum absolute atomic E-state index is 0.339. The molecule has 2 atom stereocenters. The van der Waals surface area contributed by atoms with Crippen LogP contribution in [0.5, 0.6) is 5.75 Å². The Balaban J connectivity index is 1.54. The quantitative estimate of drug-likeness (QED) is 0.867. The molecule has 19 heavy (non-hydrogen) atoms. The molecule has 0 aliphatic carbocycles. The standard InChI is InChI=1S/C15H19NO3/c17-15(18)13-5-4-12(16-13)3-1-10-2-6-14-11(9-10)7-8-19-14/h2,6,9,12-13,16H,1,3-5,7-8H2,(H,17,18). The predicted molar refractivity (Wildman–Crippen MR) is 71.5 cm³/mol. The molecule has 1 saturated heterocycles. The number of carboxylic acids is 1. The minimum atomic E-state index is -0.725. The highest BCUT2D eigenvalue weighted by atomic mass is 16.5. The summed E-state index contributed by atoms with van der Waals surface area (Å²) in [6.07, 6.45) is 4.72. The number of aryl methyl sites for hydroxylation is 1. The van der Waals surface area contributed by atoms with Crippen LogP contribution in [0.15, 0.2) is 18.2 Å². The Labute approximate surface area is 112 Å². The highest BCUT2D eigenvalue weighted by Crippen LogP contribution is 2.27. The number of hydrogen-bond acceptors (Lipinski definition) is 3. The first-order chi connectivity index (χ1) is 9.22. The first-order valence-electron chi connectivity index (χ1n) is 6.96. The minimum Gasteiger partial charge on any atom is -0.493 e. The molecule has 1 aromatic carbocycles. The molecule has 2 N–H and O–H groups in total. The Hall–Kier alpha value is -1.55. The summed E-state index contributed by atoms with van der Waals surface area (Å²) in [6, 6.07) is 6.39. The van der Waals surface area contributed by atoms with Crippen LogP contribution in [0, 0.1) is 0 Å². The van der Waals surface area contributed by atoms with Crippen molar-refractivity contribution in [2.75, 3.05) is 6.61 Å². The lowest BCUT2D eigenvalue weighted by molar-refractivity contribution is -0.139. The van der Waals surface area contributed by atoms with Crippen LogP contribution >= 0.6 is 0 Å². The first-order valence-corrected chi connectivity index (χ1v) is 6.96. The van der Waals surface area contributed by atoms with Gasteiger partial charge in [0.05, 0.1) is 6.61 Å². The lowest BCUT2D eigenvalue weighted by atomic mass is 10.0. The molecule has 2 heterocycles. The van der Waals surface area contributed by atoms with Crippen molar-refractivity contribution in [2.24, 2.45) is 0 Å². The Morgan fingerprint density at radius 3 is 3.11 bits per heavy atom. The number of ether oxygens (including phenoxy) is 1. The summed E-state index contributed by atoms with van der Waals surface area (Å²) in [6.45, 7) is 0.795. The lowest BCUT2D eigenvalue weighted by Gasteiger charge is -2.12. The molecule has 0 spiro atoms. The van der Waals surface area contributed by atoms with Crippen molar-refractivity contribution in [3.05, 3.63) is 29.3 Å². The number of fused-ring (bicyclic) bond motifs is 1. The zero-order valence-electron chi connectivity index (χ0n) is 10.9. The first kappa shape index (κ1) is 12.5. The van der Waals surface area contributed by atoms with Crippen LogP contribution in [0.1, 0.15) is 30.4 Å². The van der Waals surface area contributed by atoms with Crippen molar-refractivity contribution in [3.8, 4) is 5.75 Å². The molecule has 0 radical (unpaired) electrons. The Morgan fingerprint density at radius 1 is 1.42 bits per heavy atom. The van der Waals surface area contributed by atoms with Crippen molar-refractivity contribution < 1.29 is 14.6 Å².